The maximum absolute atomic E-state index is 13.0. The number of carboxylic acid groups (broad SMARTS) is 1. The first-order valence-electron chi connectivity index (χ1n) is 8.95. The lowest BCUT2D eigenvalue weighted by Gasteiger charge is -2.30. The number of carboxylic acids is 1. The minimum atomic E-state index is -0.877. The van der Waals surface area contributed by atoms with E-state index in [4.69, 9.17) is 16.0 Å². The number of carbonyl (C=O) groups is 2. The summed E-state index contributed by atoms with van der Waals surface area (Å²) in [5.41, 5.74) is 1.54. The van der Waals surface area contributed by atoms with Gasteiger partial charge in [-0.25, -0.2) is 4.68 Å². The topological polar surface area (TPSA) is 88.6 Å². The maximum Gasteiger partial charge on any atom is 0.308 e. The van der Waals surface area contributed by atoms with Crippen molar-refractivity contribution in [2.45, 2.75) is 12.8 Å². The van der Waals surface area contributed by atoms with E-state index in [1.807, 2.05) is 6.07 Å². The zero-order chi connectivity index (χ0) is 19.7. The monoisotopic (exact) mass is 399 g/mol. The fourth-order valence-corrected chi connectivity index (χ4v) is 3.60. The third-order valence-electron chi connectivity index (χ3n) is 4.81. The van der Waals surface area contributed by atoms with Gasteiger partial charge in [0.15, 0.2) is 11.5 Å². The third-order valence-corrected chi connectivity index (χ3v) is 5.05. The average Bonchev–Trinajstić information content (AvgIpc) is 3.37. The van der Waals surface area contributed by atoms with E-state index in [1.54, 1.807) is 52.2 Å². The predicted molar refractivity (Wildman–Crippen MR) is 103 cm³/mol. The molecular formula is C20H18ClN3O4. The van der Waals surface area contributed by atoms with E-state index in [9.17, 15) is 14.7 Å². The van der Waals surface area contributed by atoms with Crippen molar-refractivity contribution in [2.75, 3.05) is 13.1 Å². The molecule has 1 fully saturated rings. The van der Waals surface area contributed by atoms with Gasteiger partial charge in [-0.15, -0.1) is 0 Å². The number of benzene rings is 1. The van der Waals surface area contributed by atoms with E-state index in [0.29, 0.717) is 41.6 Å². The Kier molecular flexibility index (Phi) is 4.92. The highest BCUT2D eigenvalue weighted by atomic mass is 35.5. The summed E-state index contributed by atoms with van der Waals surface area (Å²) in [6.45, 7) is 0.705. The molecule has 8 heteroatoms. The molecule has 1 atom stereocenters. The summed E-state index contributed by atoms with van der Waals surface area (Å²) in [6.07, 6.45) is 2.78. The van der Waals surface area contributed by atoms with Gasteiger partial charge in [-0.1, -0.05) is 17.7 Å². The lowest BCUT2D eigenvalue weighted by molar-refractivity contribution is -0.143. The fraction of sp³-hybridized carbons (Fsp3) is 0.250. The number of hydrogen-bond donors (Lipinski definition) is 1. The van der Waals surface area contributed by atoms with Crippen molar-refractivity contribution in [2.24, 2.45) is 5.92 Å². The van der Waals surface area contributed by atoms with Crippen molar-refractivity contribution in [3.63, 3.8) is 0 Å². The first kappa shape index (κ1) is 18.3. The third kappa shape index (κ3) is 3.53. The number of aliphatic carboxylic acids is 1. The molecule has 1 aromatic carbocycles. The number of likely N-dealkylation sites (tertiary alicyclic amines) is 1. The summed E-state index contributed by atoms with van der Waals surface area (Å²) in [5.74, 6) is -1.15. The van der Waals surface area contributed by atoms with E-state index in [-0.39, 0.29) is 18.1 Å². The minimum Gasteiger partial charge on any atom is -0.481 e. The Bertz CT molecular complexity index is 1010. The Morgan fingerprint density at radius 2 is 2.07 bits per heavy atom. The van der Waals surface area contributed by atoms with Gasteiger partial charge in [0.1, 0.15) is 5.69 Å². The molecule has 144 valence electrons. The van der Waals surface area contributed by atoms with Crippen LogP contribution in [-0.4, -0.2) is 44.8 Å². The summed E-state index contributed by atoms with van der Waals surface area (Å²) in [5, 5.41) is 14.3. The Morgan fingerprint density at radius 1 is 1.21 bits per heavy atom. The molecule has 28 heavy (non-hydrogen) atoms. The number of furan rings is 1. The highest BCUT2D eigenvalue weighted by Gasteiger charge is 2.30. The number of piperidine rings is 1. The first-order valence-corrected chi connectivity index (χ1v) is 9.32. The van der Waals surface area contributed by atoms with Gasteiger partial charge in [-0.3, -0.25) is 9.59 Å². The molecule has 0 aliphatic carbocycles. The molecule has 0 radical (unpaired) electrons. The highest BCUT2D eigenvalue weighted by Crippen LogP contribution is 2.27. The van der Waals surface area contributed by atoms with Gasteiger partial charge in [0.05, 0.1) is 17.9 Å². The number of aromatic nitrogens is 2. The summed E-state index contributed by atoms with van der Waals surface area (Å²) >= 11 is 6.11. The fourth-order valence-electron chi connectivity index (χ4n) is 3.42. The van der Waals surface area contributed by atoms with Gasteiger partial charge in [0.2, 0.25) is 0 Å². The smallest absolute Gasteiger partial charge is 0.308 e. The largest absolute Gasteiger partial charge is 0.481 e. The molecule has 3 aromatic rings. The normalized spacial score (nSPS) is 16.9. The summed E-state index contributed by atoms with van der Waals surface area (Å²) in [6, 6.07) is 12.3. The van der Waals surface area contributed by atoms with Crippen molar-refractivity contribution >= 4 is 23.5 Å². The van der Waals surface area contributed by atoms with Crippen LogP contribution in [0.3, 0.4) is 0 Å². The van der Waals surface area contributed by atoms with Gasteiger partial charge in [-0.2, -0.15) is 5.10 Å². The molecular weight excluding hydrogens is 382 g/mol. The first-order chi connectivity index (χ1) is 13.5. The Balaban J connectivity index is 1.71. The van der Waals surface area contributed by atoms with Crippen LogP contribution in [0.15, 0.2) is 53.1 Å². The van der Waals surface area contributed by atoms with Crippen LogP contribution in [0.25, 0.3) is 17.1 Å². The van der Waals surface area contributed by atoms with Crippen molar-refractivity contribution < 1.29 is 19.1 Å². The van der Waals surface area contributed by atoms with Gasteiger partial charge < -0.3 is 14.4 Å². The molecule has 1 N–H and O–H groups in total. The second kappa shape index (κ2) is 7.52. The second-order valence-electron chi connectivity index (χ2n) is 6.71. The molecule has 0 saturated carbocycles. The van der Waals surface area contributed by atoms with Gasteiger partial charge in [-0.05, 0) is 43.2 Å². The van der Waals surface area contributed by atoms with Crippen LogP contribution in [0.2, 0.25) is 5.02 Å². The summed E-state index contributed by atoms with van der Waals surface area (Å²) < 4.78 is 7.11. The van der Waals surface area contributed by atoms with E-state index in [1.165, 1.54) is 0 Å². The minimum absolute atomic E-state index is 0.189. The van der Waals surface area contributed by atoms with Gasteiger partial charge in [0, 0.05) is 24.2 Å². The molecule has 3 heterocycles. The van der Waals surface area contributed by atoms with Crippen molar-refractivity contribution in [3.05, 3.63) is 59.4 Å². The molecule has 0 unspecified atom stereocenters. The molecule has 2 aromatic heterocycles. The van der Waals surface area contributed by atoms with Crippen molar-refractivity contribution in [3.8, 4) is 17.1 Å². The molecule has 1 aliphatic heterocycles. The Labute approximate surface area is 166 Å². The molecule has 0 spiro atoms. The van der Waals surface area contributed by atoms with Crippen molar-refractivity contribution in [1.82, 2.24) is 14.7 Å². The van der Waals surface area contributed by atoms with E-state index >= 15 is 0 Å². The number of amides is 1. The molecule has 1 amide bonds. The van der Waals surface area contributed by atoms with Gasteiger partial charge in [0.25, 0.3) is 5.91 Å². The maximum atomic E-state index is 13.0. The van der Waals surface area contributed by atoms with Crippen LogP contribution in [0, 0.1) is 5.92 Å². The van der Waals surface area contributed by atoms with Crippen LogP contribution in [-0.2, 0) is 4.79 Å². The predicted octanol–water partition coefficient (Wildman–Crippen LogP) is 3.72. The van der Waals surface area contributed by atoms with Crippen LogP contribution < -0.4 is 0 Å². The molecule has 4 rings (SSSR count). The number of nitrogens with zero attached hydrogens (tertiary/aromatic N) is 3. The quantitative estimate of drug-likeness (QED) is 0.722. The second-order valence-corrected chi connectivity index (χ2v) is 7.15. The number of rotatable bonds is 4. The van der Waals surface area contributed by atoms with E-state index < -0.39 is 11.9 Å². The lowest BCUT2D eigenvalue weighted by atomic mass is 9.98. The highest BCUT2D eigenvalue weighted by molar-refractivity contribution is 6.30. The summed E-state index contributed by atoms with van der Waals surface area (Å²) in [7, 11) is 0. The number of halogens is 1. The number of carbonyl (C=O) groups excluding carboxylic acids is 1. The van der Waals surface area contributed by atoms with Crippen molar-refractivity contribution in [1.29, 1.82) is 0 Å². The summed E-state index contributed by atoms with van der Waals surface area (Å²) in [4.78, 5) is 25.9. The lowest BCUT2D eigenvalue weighted by Crippen LogP contribution is -2.42. The molecule has 0 bridgehead atoms. The zero-order valence-electron chi connectivity index (χ0n) is 14.9. The van der Waals surface area contributed by atoms with Crippen LogP contribution in [0.4, 0.5) is 0 Å². The standard InChI is InChI=1S/C20H18ClN3O4/c21-14-5-1-6-15(10-14)24-17(18-7-3-9-28-18)11-16(22-24)19(25)23-8-2-4-13(12-23)20(26)27/h1,3,5-7,9-11,13H,2,4,8,12H2,(H,26,27)/t13-/m0/s1. The Hall–Kier alpha value is -3.06. The van der Waals surface area contributed by atoms with Crippen LogP contribution in [0.5, 0.6) is 0 Å². The molecule has 1 saturated heterocycles. The SMILES string of the molecule is O=C(O)[C@H]1CCCN(C(=O)c2cc(-c3ccco3)n(-c3cccc(Cl)c3)n2)C1. The zero-order valence-corrected chi connectivity index (χ0v) is 15.7. The van der Waals surface area contributed by atoms with Gasteiger partial charge >= 0.3 is 5.97 Å². The Morgan fingerprint density at radius 3 is 2.79 bits per heavy atom. The molecule has 7 nitrogen and oxygen atoms in total. The van der Waals surface area contributed by atoms with Crippen LogP contribution >= 0.6 is 11.6 Å². The number of hydrogen-bond acceptors (Lipinski definition) is 4. The average molecular weight is 400 g/mol. The van der Waals surface area contributed by atoms with E-state index in [2.05, 4.69) is 5.10 Å². The van der Waals surface area contributed by atoms with E-state index in [0.717, 1.165) is 0 Å². The molecule has 1 aliphatic rings. The van der Waals surface area contributed by atoms with Crippen LogP contribution in [0.1, 0.15) is 23.3 Å².